The van der Waals surface area contributed by atoms with Crippen molar-refractivity contribution < 1.29 is 14.6 Å². The number of carbonyl (C=O) groups is 1. The minimum Gasteiger partial charge on any atom is -0.490 e. The second kappa shape index (κ2) is 6.48. The van der Waals surface area contributed by atoms with Gasteiger partial charge in [-0.05, 0) is 43.9 Å². The van der Waals surface area contributed by atoms with Gasteiger partial charge in [-0.25, -0.2) is 0 Å². The fourth-order valence-electron chi connectivity index (χ4n) is 3.02. The number of nitrogens with one attached hydrogen (secondary N) is 1. The number of para-hydroxylation sites is 1. The second-order valence-electron chi connectivity index (χ2n) is 5.97. The van der Waals surface area contributed by atoms with Crippen LogP contribution < -0.4 is 10.1 Å². The van der Waals surface area contributed by atoms with E-state index in [1.165, 1.54) is 5.56 Å². The number of aliphatic carboxylic acids is 1. The standard InChI is InChI=1S/C17H25NO3/c1-4-12(2)14-7-5-6-8-15(14)21-13-9-10-17(11-13,18-3)16(19)20/h5-8,12-13,18H,4,9-11H2,1-3H3,(H,19,20). The first-order chi connectivity index (χ1) is 10.0. The van der Waals surface area contributed by atoms with E-state index in [0.29, 0.717) is 18.8 Å². The highest BCUT2D eigenvalue weighted by Crippen LogP contribution is 2.35. The van der Waals surface area contributed by atoms with E-state index < -0.39 is 11.5 Å². The average molecular weight is 291 g/mol. The quantitative estimate of drug-likeness (QED) is 0.845. The SMILES string of the molecule is CCC(C)c1ccccc1OC1CCC(NC)(C(=O)O)C1. The van der Waals surface area contributed by atoms with Crippen molar-refractivity contribution in [3.8, 4) is 5.75 Å². The van der Waals surface area contributed by atoms with Gasteiger partial charge in [-0.15, -0.1) is 0 Å². The van der Waals surface area contributed by atoms with Gasteiger partial charge in [-0.3, -0.25) is 4.79 Å². The highest BCUT2D eigenvalue weighted by molar-refractivity contribution is 5.79. The molecule has 1 aromatic carbocycles. The number of carboxylic acids is 1. The van der Waals surface area contributed by atoms with Gasteiger partial charge >= 0.3 is 5.97 Å². The molecule has 2 N–H and O–H groups in total. The molecular weight excluding hydrogens is 266 g/mol. The molecule has 116 valence electrons. The van der Waals surface area contributed by atoms with Gasteiger partial charge in [0.05, 0.1) is 0 Å². The zero-order valence-electron chi connectivity index (χ0n) is 13.1. The van der Waals surface area contributed by atoms with Gasteiger partial charge < -0.3 is 15.2 Å². The van der Waals surface area contributed by atoms with E-state index >= 15 is 0 Å². The van der Waals surface area contributed by atoms with Crippen LogP contribution in [0.5, 0.6) is 5.75 Å². The lowest BCUT2D eigenvalue weighted by atomic mass is 9.97. The van der Waals surface area contributed by atoms with Crippen LogP contribution in [0.3, 0.4) is 0 Å². The lowest BCUT2D eigenvalue weighted by molar-refractivity contribution is -0.144. The van der Waals surface area contributed by atoms with Crippen molar-refractivity contribution in [1.29, 1.82) is 0 Å². The summed E-state index contributed by atoms with van der Waals surface area (Å²) >= 11 is 0. The normalized spacial score (nSPS) is 26.5. The van der Waals surface area contributed by atoms with Crippen LogP contribution in [0.25, 0.3) is 0 Å². The van der Waals surface area contributed by atoms with Gasteiger partial charge in [0, 0.05) is 6.42 Å². The van der Waals surface area contributed by atoms with Gasteiger partial charge in [0.25, 0.3) is 0 Å². The van der Waals surface area contributed by atoms with Crippen molar-refractivity contribution >= 4 is 5.97 Å². The van der Waals surface area contributed by atoms with Crippen LogP contribution in [-0.2, 0) is 4.79 Å². The predicted molar refractivity (Wildman–Crippen MR) is 82.8 cm³/mol. The summed E-state index contributed by atoms with van der Waals surface area (Å²) in [6.07, 6.45) is 2.89. The summed E-state index contributed by atoms with van der Waals surface area (Å²) in [5.41, 5.74) is 0.368. The summed E-state index contributed by atoms with van der Waals surface area (Å²) in [5.74, 6) is 0.552. The van der Waals surface area contributed by atoms with Crippen molar-refractivity contribution in [2.45, 2.75) is 57.1 Å². The molecule has 1 aromatic rings. The van der Waals surface area contributed by atoms with Crippen LogP contribution in [0, 0.1) is 0 Å². The van der Waals surface area contributed by atoms with E-state index in [4.69, 9.17) is 4.74 Å². The molecule has 0 aromatic heterocycles. The lowest BCUT2D eigenvalue weighted by Crippen LogP contribution is -2.48. The molecule has 4 heteroatoms. The highest BCUT2D eigenvalue weighted by atomic mass is 16.5. The van der Waals surface area contributed by atoms with Crippen LogP contribution >= 0.6 is 0 Å². The summed E-state index contributed by atoms with van der Waals surface area (Å²) < 4.78 is 6.13. The molecular formula is C17H25NO3. The molecule has 0 saturated heterocycles. The minimum atomic E-state index is -0.837. The maximum atomic E-state index is 11.5. The van der Waals surface area contributed by atoms with E-state index in [0.717, 1.165) is 18.6 Å². The average Bonchev–Trinajstić information content (AvgIpc) is 2.92. The molecule has 3 atom stereocenters. The molecule has 0 heterocycles. The van der Waals surface area contributed by atoms with Gasteiger partial charge in [0.2, 0.25) is 0 Å². The van der Waals surface area contributed by atoms with Crippen molar-refractivity contribution in [1.82, 2.24) is 5.32 Å². The molecule has 1 saturated carbocycles. The van der Waals surface area contributed by atoms with E-state index in [1.54, 1.807) is 7.05 Å². The molecule has 0 spiro atoms. The summed E-state index contributed by atoms with van der Waals surface area (Å²) in [6, 6.07) is 8.08. The van der Waals surface area contributed by atoms with Crippen molar-refractivity contribution in [2.24, 2.45) is 0 Å². The van der Waals surface area contributed by atoms with Crippen molar-refractivity contribution in [2.75, 3.05) is 7.05 Å². The second-order valence-corrected chi connectivity index (χ2v) is 5.97. The Kier molecular flexibility index (Phi) is 4.88. The Morgan fingerprint density at radius 2 is 2.24 bits per heavy atom. The number of rotatable bonds is 6. The fraction of sp³-hybridized carbons (Fsp3) is 0.588. The van der Waals surface area contributed by atoms with Gasteiger partial charge in [0.1, 0.15) is 17.4 Å². The largest absolute Gasteiger partial charge is 0.490 e. The Bertz CT molecular complexity index is 503. The fourth-order valence-corrected chi connectivity index (χ4v) is 3.02. The van der Waals surface area contributed by atoms with Crippen LogP contribution in [-0.4, -0.2) is 29.8 Å². The summed E-state index contributed by atoms with van der Waals surface area (Å²) in [7, 11) is 1.71. The smallest absolute Gasteiger partial charge is 0.324 e. The van der Waals surface area contributed by atoms with Crippen molar-refractivity contribution in [3.05, 3.63) is 29.8 Å². The summed E-state index contributed by atoms with van der Waals surface area (Å²) in [6.45, 7) is 4.35. The maximum Gasteiger partial charge on any atom is 0.324 e. The van der Waals surface area contributed by atoms with E-state index in [-0.39, 0.29) is 6.10 Å². The van der Waals surface area contributed by atoms with Crippen LogP contribution in [0.4, 0.5) is 0 Å². The zero-order chi connectivity index (χ0) is 15.5. The minimum absolute atomic E-state index is 0.0428. The Labute approximate surface area is 126 Å². The molecule has 4 nitrogen and oxygen atoms in total. The third-order valence-corrected chi connectivity index (χ3v) is 4.71. The van der Waals surface area contributed by atoms with Gasteiger partial charge in [0.15, 0.2) is 0 Å². The Hall–Kier alpha value is -1.55. The number of ether oxygens (including phenoxy) is 1. The number of hydrogen-bond acceptors (Lipinski definition) is 3. The highest BCUT2D eigenvalue weighted by Gasteiger charge is 2.45. The zero-order valence-corrected chi connectivity index (χ0v) is 13.1. The summed E-state index contributed by atoms with van der Waals surface area (Å²) in [5, 5.41) is 12.4. The third-order valence-electron chi connectivity index (χ3n) is 4.71. The number of carboxylic acid groups (broad SMARTS) is 1. The molecule has 1 aliphatic carbocycles. The van der Waals surface area contributed by atoms with Gasteiger partial charge in [-0.1, -0.05) is 32.0 Å². The molecule has 0 bridgehead atoms. The molecule has 0 aliphatic heterocycles. The topological polar surface area (TPSA) is 58.6 Å². The maximum absolute atomic E-state index is 11.5. The Morgan fingerprint density at radius 3 is 2.81 bits per heavy atom. The monoisotopic (exact) mass is 291 g/mol. The first-order valence-corrected chi connectivity index (χ1v) is 7.70. The van der Waals surface area contributed by atoms with Crippen LogP contribution in [0.1, 0.15) is 51.0 Å². The molecule has 0 radical (unpaired) electrons. The van der Waals surface area contributed by atoms with E-state index in [2.05, 4.69) is 25.2 Å². The molecule has 1 fully saturated rings. The molecule has 2 rings (SSSR count). The van der Waals surface area contributed by atoms with E-state index in [9.17, 15) is 9.90 Å². The first-order valence-electron chi connectivity index (χ1n) is 7.70. The molecule has 21 heavy (non-hydrogen) atoms. The Balaban J connectivity index is 2.12. The Morgan fingerprint density at radius 1 is 1.52 bits per heavy atom. The lowest BCUT2D eigenvalue weighted by Gasteiger charge is -2.24. The predicted octanol–water partition coefficient (Wildman–Crippen LogP) is 3.17. The third kappa shape index (κ3) is 3.21. The molecule has 0 amide bonds. The van der Waals surface area contributed by atoms with Crippen molar-refractivity contribution in [3.63, 3.8) is 0 Å². The van der Waals surface area contributed by atoms with Crippen LogP contribution in [0.2, 0.25) is 0 Å². The van der Waals surface area contributed by atoms with E-state index in [1.807, 2.05) is 18.2 Å². The molecule has 3 unspecified atom stereocenters. The molecule has 1 aliphatic rings. The number of hydrogen-bond donors (Lipinski definition) is 2. The van der Waals surface area contributed by atoms with Gasteiger partial charge in [-0.2, -0.15) is 0 Å². The first kappa shape index (κ1) is 15.8. The number of benzene rings is 1. The summed E-state index contributed by atoms with van der Waals surface area (Å²) in [4.78, 5) is 11.5. The number of likely N-dealkylation sites (N-methyl/N-ethyl adjacent to an activating group) is 1. The van der Waals surface area contributed by atoms with Crippen LogP contribution in [0.15, 0.2) is 24.3 Å².